The third kappa shape index (κ3) is 3.89. The van der Waals surface area contributed by atoms with Gasteiger partial charge in [0.05, 0.1) is 9.79 Å². The van der Waals surface area contributed by atoms with E-state index < -0.39 is 20.0 Å². The van der Waals surface area contributed by atoms with Crippen molar-refractivity contribution in [2.24, 2.45) is 0 Å². The van der Waals surface area contributed by atoms with Crippen LogP contribution in [-0.2, 0) is 26.5 Å². The molecule has 2 aromatic rings. The molecule has 1 amide bonds. The second-order valence-electron chi connectivity index (χ2n) is 7.92. The van der Waals surface area contributed by atoms with Gasteiger partial charge in [-0.2, -0.15) is 4.31 Å². The first-order chi connectivity index (χ1) is 14.6. The van der Waals surface area contributed by atoms with Crippen molar-refractivity contribution >= 4 is 31.6 Å². The van der Waals surface area contributed by atoms with Crippen molar-refractivity contribution in [3.8, 4) is 0 Å². The van der Waals surface area contributed by atoms with Gasteiger partial charge in [-0.3, -0.25) is 4.79 Å². The van der Waals surface area contributed by atoms with Gasteiger partial charge in [0.15, 0.2) is 0 Å². The molecule has 10 heteroatoms. The second kappa shape index (κ2) is 8.01. The average Bonchev–Trinajstić information content (AvgIpc) is 3.43. The van der Waals surface area contributed by atoms with Gasteiger partial charge < -0.3 is 4.90 Å². The lowest BCUT2D eigenvalue weighted by molar-refractivity contribution is 0.0989. The Morgan fingerprint density at radius 1 is 0.871 bits per heavy atom. The monoisotopic (exact) mass is 463 g/mol. The Labute approximate surface area is 183 Å². The van der Waals surface area contributed by atoms with Crippen LogP contribution in [0.4, 0.5) is 5.69 Å². The Hall–Kier alpha value is -2.27. The van der Waals surface area contributed by atoms with Gasteiger partial charge in [0.1, 0.15) is 0 Å². The van der Waals surface area contributed by atoms with Crippen LogP contribution in [0.3, 0.4) is 0 Å². The van der Waals surface area contributed by atoms with Crippen LogP contribution in [0, 0.1) is 0 Å². The summed E-state index contributed by atoms with van der Waals surface area (Å²) in [5.41, 5.74) is 1.86. The number of carbonyl (C=O) groups excluding carboxylic acids is 1. The lowest BCUT2D eigenvalue weighted by Crippen LogP contribution is -2.29. The Balaban J connectivity index is 1.57. The molecule has 0 aliphatic carbocycles. The fraction of sp³-hybridized carbons (Fsp3) is 0.381. The molecule has 4 rings (SSSR count). The van der Waals surface area contributed by atoms with E-state index in [9.17, 15) is 21.6 Å². The third-order valence-electron chi connectivity index (χ3n) is 5.77. The number of hydrogen-bond donors (Lipinski definition) is 0. The van der Waals surface area contributed by atoms with Crippen molar-refractivity contribution in [1.29, 1.82) is 0 Å². The maximum atomic E-state index is 13.1. The maximum Gasteiger partial charge on any atom is 0.258 e. The number of amides is 1. The summed E-state index contributed by atoms with van der Waals surface area (Å²) in [5.74, 6) is -0.243. The van der Waals surface area contributed by atoms with Gasteiger partial charge in [-0.25, -0.2) is 21.1 Å². The van der Waals surface area contributed by atoms with Gasteiger partial charge in [-0.1, -0.05) is 0 Å². The minimum atomic E-state index is -3.55. The highest BCUT2D eigenvalue weighted by molar-refractivity contribution is 7.89. The number of fused-ring (bicyclic) bond motifs is 1. The minimum absolute atomic E-state index is 0.186. The standard InChI is InChI=1S/C21H25N3O5S2/c1-22(2)30(26,27)19-9-10-20-17(15-19)11-14-24(20)21(25)16-5-7-18(8-6-16)31(28,29)23-12-3-4-13-23/h5-10,15H,3-4,11-14H2,1-2H3. The molecule has 166 valence electrons. The molecule has 2 heterocycles. The molecule has 0 spiro atoms. The molecule has 0 radical (unpaired) electrons. The summed E-state index contributed by atoms with van der Waals surface area (Å²) in [6, 6.07) is 10.8. The van der Waals surface area contributed by atoms with Crippen LogP contribution >= 0.6 is 0 Å². The zero-order chi connectivity index (χ0) is 22.4. The Morgan fingerprint density at radius 2 is 1.48 bits per heavy atom. The van der Waals surface area contributed by atoms with Gasteiger partial charge in [0.25, 0.3) is 5.91 Å². The summed E-state index contributed by atoms with van der Waals surface area (Å²) in [5, 5.41) is 0. The number of hydrogen-bond acceptors (Lipinski definition) is 5. The van der Waals surface area contributed by atoms with Crippen molar-refractivity contribution < 1.29 is 21.6 Å². The first-order valence-electron chi connectivity index (χ1n) is 10.1. The Bertz CT molecular complexity index is 1220. The van der Waals surface area contributed by atoms with Crippen LogP contribution < -0.4 is 4.90 Å². The molecule has 0 saturated carbocycles. The zero-order valence-corrected chi connectivity index (χ0v) is 19.1. The van der Waals surface area contributed by atoms with Gasteiger partial charge >= 0.3 is 0 Å². The zero-order valence-electron chi connectivity index (χ0n) is 17.5. The normalized spacial score (nSPS) is 17.3. The predicted octanol–water partition coefficient (Wildman–Crippen LogP) is 1.92. The summed E-state index contributed by atoms with van der Waals surface area (Å²) in [6.45, 7) is 1.49. The van der Waals surface area contributed by atoms with E-state index in [4.69, 9.17) is 0 Å². The molecule has 1 saturated heterocycles. The number of sulfonamides is 2. The largest absolute Gasteiger partial charge is 0.308 e. The number of benzene rings is 2. The van der Waals surface area contributed by atoms with E-state index in [1.807, 2.05) is 0 Å². The van der Waals surface area contributed by atoms with Gasteiger partial charge in [-0.05, 0) is 67.3 Å². The average molecular weight is 464 g/mol. The molecule has 8 nitrogen and oxygen atoms in total. The molecule has 0 bridgehead atoms. The molecule has 2 aliphatic heterocycles. The van der Waals surface area contributed by atoms with Crippen LogP contribution in [0.2, 0.25) is 0 Å². The number of nitrogens with zero attached hydrogens (tertiary/aromatic N) is 3. The van der Waals surface area contributed by atoms with Crippen LogP contribution in [0.15, 0.2) is 52.3 Å². The smallest absolute Gasteiger partial charge is 0.258 e. The topological polar surface area (TPSA) is 95.1 Å². The van der Waals surface area contributed by atoms with Crippen molar-refractivity contribution in [2.75, 3.05) is 38.6 Å². The molecular weight excluding hydrogens is 438 g/mol. The highest BCUT2D eigenvalue weighted by Crippen LogP contribution is 2.32. The maximum absolute atomic E-state index is 13.1. The van der Waals surface area contributed by atoms with Crippen LogP contribution in [-0.4, -0.2) is 65.1 Å². The predicted molar refractivity (Wildman–Crippen MR) is 117 cm³/mol. The quantitative estimate of drug-likeness (QED) is 0.675. The van der Waals surface area contributed by atoms with Crippen molar-refractivity contribution in [1.82, 2.24) is 8.61 Å². The summed E-state index contributed by atoms with van der Waals surface area (Å²) in [6.07, 6.45) is 2.28. The van der Waals surface area contributed by atoms with E-state index in [-0.39, 0.29) is 15.7 Å². The van der Waals surface area contributed by atoms with E-state index >= 15 is 0 Å². The highest BCUT2D eigenvalue weighted by atomic mass is 32.2. The van der Waals surface area contributed by atoms with Gasteiger partial charge in [-0.15, -0.1) is 0 Å². The summed E-state index contributed by atoms with van der Waals surface area (Å²) in [4.78, 5) is 15.0. The molecule has 0 aromatic heterocycles. The summed E-state index contributed by atoms with van der Waals surface area (Å²) >= 11 is 0. The van der Waals surface area contributed by atoms with E-state index in [1.54, 1.807) is 17.0 Å². The lowest BCUT2D eigenvalue weighted by atomic mass is 10.1. The number of rotatable bonds is 5. The molecule has 1 fully saturated rings. The summed E-state index contributed by atoms with van der Waals surface area (Å²) < 4.78 is 52.7. The fourth-order valence-electron chi connectivity index (χ4n) is 3.96. The molecule has 2 aliphatic rings. The van der Waals surface area contributed by atoms with Crippen molar-refractivity contribution in [2.45, 2.75) is 29.1 Å². The van der Waals surface area contributed by atoms with E-state index in [2.05, 4.69) is 0 Å². The van der Waals surface area contributed by atoms with Gasteiger partial charge in [0.2, 0.25) is 20.0 Å². The summed E-state index contributed by atoms with van der Waals surface area (Å²) in [7, 11) is -4.12. The molecule has 0 atom stereocenters. The molecular formula is C21H25N3O5S2. The Kier molecular flexibility index (Phi) is 5.67. The first-order valence-corrected chi connectivity index (χ1v) is 13.0. The van der Waals surface area contributed by atoms with E-state index in [0.29, 0.717) is 37.3 Å². The van der Waals surface area contributed by atoms with Crippen LogP contribution in [0.25, 0.3) is 0 Å². The van der Waals surface area contributed by atoms with Crippen molar-refractivity contribution in [3.63, 3.8) is 0 Å². The van der Waals surface area contributed by atoms with E-state index in [0.717, 1.165) is 22.7 Å². The van der Waals surface area contributed by atoms with Crippen molar-refractivity contribution in [3.05, 3.63) is 53.6 Å². The minimum Gasteiger partial charge on any atom is -0.308 e. The van der Waals surface area contributed by atoms with Gasteiger partial charge in [0, 0.05) is 45.0 Å². The van der Waals surface area contributed by atoms with Crippen LogP contribution in [0.1, 0.15) is 28.8 Å². The number of anilines is 1. The fourth-order valence-corrected chi connectivity index (χ4v) is 6.43. The molecule has 2 aromatic carbocycles. The van der Waals surface area contributed by atoms with Crippen LogP contribution in [0.5, 0.6) is 0 Å². The SMILES string of the molecule is CN(C)S(=O)(=O)c1ccc2c(c1)CCN2C(=O)c1ccc(S(=O)(=O)N2CCCC2)cc1. The lowest BCUT2D eigenvalue weighted by Gasteiger charge is -2.19. The molecule has 31 heavy (non-hydrogen) atoms. The first kappa shape index (κ1) is 21.9. The van der Waals surface area contributed by atoms with E-state index in [1.165, 1.54) is 48.7 Å². The molecule has 0 unspecified atom stereocenters. The third-order valence-corrected chi connectivity index (χ3v) is 9.50. The molecule has 0 N–H and O–H groups in total. The Morgan fingerprint density at radius 3 is 2.10 bits per heavy atom. The second-order valence-corrected chi connectivity index (χ2v) is 12.0. The highest BCUT2D eigenvalue weighted by Gasteiger charge is 2.30. The number of carbonyl (C=O) groups is 1.